The van der Waals surface area contributed by atoms with E-state index in [-0.39, 0.29) is 18.5 Å². The lowest BCUT2D eigenvalue weighted by molar-refractivity contribution is 0.0981. The lowest BCUT2D eigenvalue weighted by Gasteiger charge is -2.26. The topological polar surface area (TPSA) is 57.7 Å². The van der Waals surface area contributed by atoms with Gasteiger partial charge in [0.25, 0.3) is 5.91 Å². The monoisotopic (exact) mass is 448 g/mol. The van der Waals surface area contributed by atoms with Gasteiger partial charge in [-0.2, -0.15) is 0 Å². The highest BCUT2D eigenvalue weighted by Crippen LogP contribution is 2.33. The van der Waals surface area contributed by atoms with Crippen molar-refractivity contribution in [3.05, 3.63) is 94.5 Å². The summed E-state index contributed by atoms with van der Waals surface area (Å²) in [5.41, 5.74) is 6.08. The third-order valence-corrected chi connectivity index (χ3v) is 7.15. The van der Waals surface area contributed by atoms with Crippen molar-refractivity contribution in [3.63, 3.8) is 0 Å². The molecule has 0 N–H and O–H groups in total. The molecule has 1 aliphatic rings. The first-order valence-electron chi connectivity index (χ1n) is 10.7. The van der Waals surface area contributed by atoms with Crippen LogP contribution >= 0.6 is 0 Å². The summed E-state index contributed by atoms with van der Waals surface area (Å²) in [6.07, 6.45) is 2.07. The van der Waals surface area contributed by atoms with Crippen LogP contribution in [0.25, 0.3) is 0 Å². The van der Waals surface area contributed by atoms with Crippen molar-refractivity contribution in [3.8, 4) is 0 Å². The molecule has 5 nitrogen and oxygen atoms in total. The number of carbonyl (C=O) groups excluding carboxylic acids is 1. The van der Waals surface area contributed by atoms with Gasteiger partial charge in [0.15, 0.2) is 0 Å². The molecule has 0 bridgehead atoms. The maximum Gasteiger partial charge on any atom is 0.258 e. The second-order valence-corrected chi connectivity index (χ2v) is 10.5. The van der Waals surface area contributed by atoms with E-state index in [1.165, 1.54) is 16.1 Å². The predicted molar refractivity (Wildman–Crippen MR) is 130 cm³/mol. The summed E-state index contributed by atoms with van der Waals surface area (Å²) < 4.78 is 26.7. The van der Waals surface area contributed by atoms with Crippen LogP contribution in [0, 0.1) is 13.8 Å². The second kappa shape index (κ2) is 8.43. The van der Waals surface area contributed by atoms with E-state index in [0.717, 1.165) is 28.8 Å². The first-order chi connectivity index (χ1) is 15.2. The molecule has 0 aliphatic carbocycles. The van der Waals surface area contributed by atoms with Gasteiger partial charge >= 0.3 is 0 Å². The molecule has 3 aromatic rings. The van der Waals surface area contributed by atoms with Crippen LogP contribution in [-0.2, 0) is 23.0 Å². The van der Waals surface area contributed by atoms with Crippen molar-refractivity contribution >= 4 is 27.3 Å². The Labute approximate surface area is 190 Å². The van der Waals surface area contributed by atoms with Gasteiger partial charge in [-0.15, -0.1) is 0 Å². The number of anilines is 2. The van der Waals surface area contributed by atoms with Crippen molar-refractivity contribution < 1.29 is 13.2 Å². The molecule has 1 atom stereocenters. The van der Waals surface area contributed by atoms with Gasteiger partial charge in [0.05, 0.1) is 18.5 Å². The predicted octanol–water partition coefficient (Wildman–Crippen LogP) is 4.86. The van der Waals surface area contributed by atoms with E-state index in [0.29, 0.717) is 11.3 Å². The maximum absolute atomic E-state index is 13.2. The van der Waals surface area contributed by atoms with Gasteiger partial charge in [0.2, 0.25) is 10.0 Å². The molecule has 166 valence electrons. The Kier molecular flexibility index (Phi) is 5.82. The van der Waals surface area contributed by atoms with Crippen LogP contribution in [0.3, 0.4) is 0 Å². The van der Waals surface area contributed by atoms with E-state index < -0.39 is 10.0 Å². The highest BCUT2D eigenvalue weighted by Gasteiger charge is 2.31. The molecule has 0 aromatic heterocycles. The lowest BCUT2D eigenvalue weighted by Crippen LogP contribution is -2.35. The smallest absolute Gasteiger partial charge is 0.258 e. The quantitative estimate of drug-likeness (QED) is 0.560. The molecule has 0 spiro atoms. The number of benzene rings is 3. The van der Waals surface area contributed by atoms with Crippen LogP contribution in [-0.4, -0.2) is 26.6 Å². The van der Waals surface area contributed by atoms with Crippen molar-refractivity contribution in [2.45, 2.75) is 39.8 Å². The molecule has 0 radical (unpaired) electrons. The summed E-state index contributed by atoms with van der Waals surface area (Å²) in [5, 5.41) is 0. The fraction of sp³-hybridized carbons (Fsp3) is 0.269. The summed E-state index contributed by atoms with van der Waals surface area (Å²) in [6.45, 7) is 6.09. The van der Waals surface area contributed by atoms with E-state index in [4.69, 9.17) is 0 Å². The van der Waals surface area contributed by atoms with E-state index in [1.54, 1.807) is 12.1 Å². The van der Waals surface area contributed by atoms with Gasteiger partial charge in [-0.3, -0.25) is 9.10 Å². The second-order valence-electron chi connectivity index (χ2n) is 8.56. The summed E-state index contributed by atoms with van der Waals surface area (Å²) in [7, 11) is -3.48. The van der Waals surface area contributed by atoms with Gasteiger partial charge in [-0.05, 0) is 67.6 Å². The molecule has 1 amide bonds. The lowest BCUT2D eigenvalue weighted by atomic mass is 10.1. The van der Waals surface area contributed by atoms with Crippen LogP contribution in [0.4, 0.5) is 11.4 Å². The molecule has 1 aliphatic heterocycles. The number of hydrogen-bond acceptors (Lipinski definition) is 3. The number of amides is 1. The van der Waals surface area contributed by atoms with Crippen LogP contribution < -0.4 is 9.21 Å². The van der Waals surface area contributed by atoms with Gasteiger partial charge in [0, 0.05) is 17.3 Å². The molecular formula is C26H28N2O3S. The van der Waals surface area contributed by atoms with Gasteiger partial charge in [-0.1, -0.05) is 48.5 Å². The van der Waals surface area contributed by atoms with Crippen molar-refractivity contribution in [2.24, 2.45) is 0 Å². The highest BCUT2D eigenvalue weighted by molar-refractivity contribution is 7.92. The molecule has 0 saturated heterocycles. The number of para-hydroxylation sites is 2. The van der Waals surface area contributed by atoms with Crippen molar-refractivity contribution in [1.82, 2.24) is 0 Å². The average Bonchev–Trinajstić information content (AvgIpc) is 3.08. The van der Waals surface area contributed by atoms with Crippen molar-refractivity contribution in [2.75, 3.05) is 15.5 Å². The SMILES string of the molecule is Cc1cccc(C)c1N(Cc1ccc(C(=O)N2c3ccccc3C[C@H]2C)cc1)S(C)(=O)=O. The minimum atomic E-state index is -3.48. The summed E-state index contributed by atoms with van der Waals surface area (Å²) >= 11 is 0. The zero-order valence-electron chi connectivity index (χ0n) is 18.9. The number of carbonyl (C=O) groups is 1. The Hall–Kier alpha value is -3.12. The summed E-state index contributed by atoms with van der Waals surface area (Å²) in [5.74, 6) is -0.0382. The zero-order valence-corrected chi connectivity index (χ0v) is 19.7. The number of fused-ring (bicyclic) bond motifs is 1. The Bertz CT molecular complexity index is 1250. The first-order valence-corrected chi connectivity index (χ1v) is 12.6. The number of rotatable bonds is 5. The molecule has 1 heterocycles. The Morgan fingerprint density at radius 3 is 2.22 bits per heavy atom. The molecule has 0 unspecified atom stereocenters. The normalized spacial score (nSPS) is 15.5. The summed E-state index contributed by atoms with van der Waals surface area (Å²) in [4.78, 5) is 15.1. The summed E-state index contributed by atoms with van der Waals surface area (Å²) in [6, 6.07) is 21.1. The number of sulfonamides is 1. The van der Waals surface area contributed by atoms with Crippen LogP contribution in [0.1, 0.15) is 39.5 Å². The molecular weight excluding hydrogens is 420 g/mol. The van der Waals surface area contributed by atoms with E-state index in [1.807, 2.05) is 67.3 Å². The Morgan fingerprint density at radius 2 is 1.59 bits per heavy atom. The van der Waals surface area contributed by atoms with Crippen LogP contribution in [0.2, 0.25) is 0 Å². The molecule has 32 heavy (non-hydrogen) atoms. The fourth-order valence-electron chi connectivity index (χ4n) is 4.49. The highest BCUT2D eigenvalue weighted by atomic mass is 32.2. The number of aryl methyl sites for hydroxylation is 2. The first kappa shape index (κ1) is 22.1. The Balaban J connectivity index is 1.60. The third kappa shape index (κ3) is 4.15. The Morgan fingerprint density at radius 1 is 0.969 bits per heavy atom. The maximum atomic E-state index is 13.2. The van der Waals surface area contributed by atoms with Gasteiger partial charge in [0.1, 0.15) is 0 Å². The van der Waals surface area contributed by atoms with Crippen molar-refractivity contribution in [1.29, 1.82) is 0 Å². The van der Waals surface area contributed by atoms with Crippen LogP contribution in [0.5, 0.6) is 0 Å². The molecule has 4 rings (SSSR count). The van der Waals surface area contributed by atoms with Crippen LogP contribution in [0.15, 0.2) is 66.7 Å². The fourth-order valence-corrected chi connectivity index (χ4v) is 5.50. The number of hydrogen-bond donors (Lipinski definition) is 0. The van der Waals surface area contributed by atoms with Gasteiger partial charge in [-0.25, -0.2) is 8.42 Å². The molecule has 6 heteroatoms. The minimum absolute atomic E-state index is 0.0382. The standard InChI is InChI=1S/C26H28N2O3S/c1-18-8-7-9-19(2)25(18)27(32(4,30)31)17-21-12-14-22(15-13-21)26(29)28-20(3)16-23-10-5-6-11-24(23)28/h5-15,20H,16-17H2,1-4H3/t20-/m1/s1. The minimum Gasteiger partial charge on any atom is -0.305 e. The largest absolute Gasteiger partial charge is 0.305 e. The molecule has 3 aromatic carbocycles. The van der Waals surface area contributed by atoms with E-state index >= 15 is 0 Å². The third-order valence-electron chi connectivity index (χ3n) is 6.04. The van der Waals surface area contributed by atoms with E-state index in [2.05, 4.69) is 13.0 Å². The average molecular weight is 449 g/mol. The van der Waals surface area contributed by atoms with Gasteiger partial charge < -0.3 is 4.90 Å². The number of nitrogens with zero attached hydrogens (tertiary/aromatic N) is 2. The molecule has 0 fully saturated rings. The van der Waals surface area contributed by atoms with E-state index in [9.17, 15) is 13.2 Å². The zero-order chi connectivity index (χ0) is 23.0. The molecule has 0 saturated carbocycles.